The number of hydrogen-bond acceptors (Lipinski definition) is 4. The molecule has 0 atom stereocenters. The van der Waals surface area contributed by atoms with Crippen LogP contribution in [0.15, 0.2) is 0 Å². The van der Waals surface area contributed by atoms with Crippen LogP contribution in [-0.2, 0) is 4.79 Å². The Labute approximate surface area is 132 Å². The second-order valence-electron chi connectivity index (χ2n) is 6.56. The molecule has 0 aromatic carbocycles. The molecule has 0 radical (unpaired) electrons. The summed E-state index contributed by atoms with van der Waals surface area (Å²) in [7, 11) is 4.31. The van der Waals surface area contributed by atoms with Crippen LogP contribution < -0.4 is 0 Å². The molecule has 1 saturated heterocycles. The van der Waals surface area contributed by atoms with Gasteiger partial charge in [0, 0.05) is 44.7 Å². The monoisotopic (exact) mass is 300 g/mol. The zero-order valence-corrected chi connectivity index (χ0v) is 14.8. The summed E-state index contributed by atoms with van der Waals surface area (Å²) in [6.07, 6.45) is 0. The number of halogens is 1. The Balaban J connectivity index is 0.00000172. The van der Waals surface area contributed by atoms with Crippen LogP contribution in [0.25, 0.3) is 0 Å². The van der Waals surface area contributed by atoms with Gasteiger partial charge in [0.05, 0.1) is 6.54 Å². The molecule has 1 aliphatic heterocycles. The molecule has 0 amide bonds. The van der Waals surface area contributed by atoms with Gasteiger partial charge in [-0.2, -0.15) is 0 Å². The van der Waals surface area contributed by atoms with Crippen molar-refractivity contribution < 1.29 is 8.32 Å². The molecule has 0 bridgehead atoms. The van der Waals surface area contributed by atoms with Gasteiger partial charge in [0.2, 0.25) is 0 Å². The van der Waals surface area contributed by atoms with Crippen molar-refractivity contribution in [3.05, 3.63) is 0 Å². The van der Waals surface area contributed by atoms with E-state index < -0.39 is 0 Å². The molecule has 20 heavy (non-hydrogen) atoms. The van der Waals surface area contributed by atoms with E-state index in [2.05, 4.69) is 28.8 Å². The molecule has 0 unspecified atom stereocenters. The van der Waals surface area contributed by atoms with Crippen LogP contribution in [0.2, 0.25) is 0 Å². The van der Waals surface area contributed by atoms with Gasteiger partial charge in [-0.05, 0) is 14.1 Å². The predicted octanol–water partition coefficient (Wildman–Crippen LogP) is 0.820. The Morgan fingerprint density at radius 1 is 0.950 bits per heavy atom. The Morgan fingerprint density at radius 3 is 1.65 bits per heavy atom. The van der Waals surface area contributed by atoms with Gasteiger partial charge in [-0.25, -0.2) is 0 Å². The van der Waals surface area contributed by atoms with Gasteiger partial charge >= 0.3 is 20.3 Å². The molecule has 1 fully saturated rings. The standard InChI is InChI=1S/C14H29N3O.Al.FH/c1-14(2,3)13(18)12-17-10-8-15(4)6-7-16(5)9-11-17;;/h6-12H2,1-5H3;;1H/q;+3;/p-1/i;;1-1. The first-order valence-corrected chi connectivity index (χ1v) is 7.57. The third-order valence-corrected chi connectivity index (χ3v) is 3.66. The van der Waals surface area contributed by atoms with Crippen molar-refractivity contribution in [2.45, 2.75) is 20.8 Å². The molecule has 6 heteroatoms. The van der Waals surface area contributed by atoms with Crippen LogP contribution in [0.3, 0.4) is 0 Å². The van der Waals surface area contributed by atoms with Gasteiger partial charge in [-0.3, -0.25) is 9.69 Å². The fourth-order valence-electron chi connectivity index (χ4n) is 1.90. The van der Waals surface area contributed by atoms with Crippen molar-refractivity contribution in [3.63, 3.8) is 0 Å². The second-order valence-corrected chi connectivity index (χ2v) is 6.56. The topological polar surface area (TPSA) is 26.8 Å². The van der Waals surface area contributed by atoms with E-state index in [1.165, 1.54) is 0 Å². The average molecular weight is 300 g/mol. The molecule has 114 valence electrons. The predicted molar refractivity (Wildman–Crippen MR) is 82.8 cm³/mol. The molecule has 0 N–H and O–H groups in total. The number of carbonyl (C=O) groups is 1. The van der Waals surface area contributed by atoms with Crippen molar-refractivity contribution in [3.8, 4) is 0 Å². The fourth-order valence-corrected chi connectivity index (χ4v) is 1.90. The van der Waals surface area contributed by atoms with Crippen molar-refractivity contribution in [2.75, 3.05) is 59.9 Å². The third kappa shape index (κ3) is 8.33. The Hall–Kier alpha value is 0.0125. The molecule has 1 heterocycles. The number of carbonyl (C=O) groups excluding carboxylic acids is 1. The zero-order chi connectivity index (χ0) is 15.8. The van der Waals surface area contributed by atoms with Gasteiger partial charge in [0.15, 0.2) is 5.78 Å². The summed E-state index contributed by atoms with van der Waals surface area (Å²) < 4.78 is 9.42. The van der Waals surface area contributed by atoms with Crippen LogP contribution in [0.5, 0.6) is 0 Å². The minimum absolute atomic E-state index is 0.226. The quantitative estimate of drug-likeness (QED) is 0.706. The maximum atomic E-state index is 12.1. The van der Waals surface area contributed by atoms with Crippen molar-refractivity contribution >= 4 is 22.5 Å². The first-order chi connectivity index (χ1) is 9.29. The Morgan fingerprint density at radius 2 is 1.30 bits per heavy atom. The number of ketones is 1. The molecule has 1 rings (SSSR count). The van der Waals surface area contributed by atoms with Crippen molar-refractivity contribution in [2.24, 2.45) is 5.41 Å². The van der Waals surface area contributed by atoms with E-state index in [1.54, 1.807) is 0 Å². The number of Topliss-reactive ketones (excluding diaryl/α,β-unsaturated/α-hetero) is 1. The molecular weight excluding hydrogens is 271 g/mol. The van der Waals surface area contributed by atoms with Gasteiger partial charge in [0.25, 0.3) is 0 Å². The van der Waals surface area contributed by atoms with E-state index in [0.717, 1.165) is 56.0 Å². The van der Waals surface area contributed by atoms with Crippen LogP contribution in [-0.4, -0.2) is 97.1 Å². The normalized spacial score (nSPS) is 20.4. The van der Waals surface area contributed by atoms with Gasteiger partial charge in [0.1, 0.15) is 0 Å². The molecule has 0 aliphatic carbocycles. The average Bonchev–Trinajstić information content (AvgIpc) is 2.46. The molecule has 0 spiro atoms. The summed E-state index contributed by atoms with van der Waals surface area (Å²) in [5.41, 5.74) is -0.226. The van der Waals surface area contributed by atoms with E-state index in [1.807, 2.05) is 20.8 Å². The molecular formula is C14H29AlFN3O+2. The second kappa shape index (κ2) is 9.86. The number of nitrogens with zero attached hydrogens (tertiary/aromatic N) is 3. The SMILES string of the molecule is CN1CCN(C)CCN(CC(=O)C(C)(C)C)CC1.[18F][Al+2]. The molecule has 1 aliphatic rings. The Bertz CT molecular complexity index is 270. The van der Waals surface area contributed by atoms with Gasteiger partial charge < -0.3 is 9.80 Å². The van der Waals surface area contributed by atoms with Gasteiger partial charge in [-0.1, -0.05) is 20.8 Å². The fraction of sp³-hybridized carbons (Fsp3) is 0.929. The molecule has 0 aromatic rings. The number of hydrogen-bond donors (Lipinski definition) is 0. The summed E-state index contributed by atoms with van der Waals surface area (Å²) in [6, 6.07) is 0. The van der Waals surface area contributed by atoms with Crippen molar-refractivity contribution in [1.29, 1.82) is 0 Å². The van der Waals surface area contributed by atoms with Crippen LogP contribution in [0, 0.1) is 5.41 Å². The first-order valence-electron chi connectivity index (χ1n) is 7.13. The third-order valence-electron chi connectivity index (χ3n) is 3.66. The summed E-state index contributed by atoms with van der Waals surface area (Å²) in [4.78, 5) is 19.1. The summed E-state index contributed by atoms with van der Waals surface area (Å²) >= 11 is 0.917. The van der Waals surface area contributed by atoms with E-state index in [9.17, 15) is 8.32 Å². The maximum absolute atomic E-state index is 12.1. The van der Waals surface area contributed by atoms with Crippen molar-refractivity contribution in [1.82, 2.24) is 14.7 Å². The van der Waals surface area contributed by atoms with Crippen LogP contribution in [0.1, 0.15) is 20.8 Å². The summed E-state index contributed by atoms with van der Waals surface area (Å²) in [6.45, 7) is 12.9. The first kappa shape index (κ1) is 20.0. The zero-order valence-electron chi connectivity index (χ0n) is 13.7. The molecule has 0 saturated carbocycles. The number of likely N-dealkylation sites (N-methyl/N-ethyl adjacent to an activating group) is 2. The number of rotatable bonds is 2. The Kier molecular flexibility index (Phi) is 9.87. The van der Waals surface area contributed by atoms with Gasteiger partial charge in [-0.15, -0.1) is 0 Å². The van der Waals surface area contributed by atoms with E-state index in [-0.39, 0.29) is 5.41 Å². The van der Waals surface area contributed by atoms with E-state index in [4.69, 9.17) is 0 Å². The van der Waals surface area contributed by atoms with E-state index >= 15 is 0 Å². The summed E-state index contributed by atoms with van der Waals surface area (Å²) in [5, 5.41) is 0. The van der Waals surface area contributed by atoms with Crippen LogP contribution in [0.4, 0.5) is 3.52 Å². The minimum atomic E-state index is -0.226. The molecule has 4 nitrogen and oxygen atoms in total. The summed E-state index contributed by atoms with van der Waals surface area (Å²) in [5.74, 6) is 0.340. The van der Waals surface area contributed by atoms with E-state index in [0.29, 0.717) is 12.3 Å². The molecule has 0 aromatic heterocycles. The van der Waals surface area contributed by atoms with Crippen LogP contribution >= 0.6 is 0 Å².